The predicted molar refractivity (Wildman–Crippen MR) is 262 cm³/mol. The second kappa shape index (κ2) is 30.4. The molecule has 1 unspecified atom stereocenters. The number of amides is 8. The molecule has 2 aromatic rings. The number of carboxylic acid groups (broad SMARTS) is 2. The van der Waals surface area contributed by atoms with Gasteiger partial charge in [0.1, 0.15) is 54.1 Å². The number of carbonyl (C=O) groups is 10. The lowest BCUT2D eigenvalue weighted by molar-refractivity contribution is -0.143. The van der Waals surface area contributed by atoms with Gasteiger partial charge in [-0.15, -0.1) is 0 Å². The van der Waals surface area contributed by atoms with Crippen LogP contribution in [0.1, 0.15) is 77.0 Å². The second-order valence-corrected chi connectivity index (χ2v) is 19.6. The molecule has 0 aliphatic heterocycles. The summed E-state index contributed by atoms with van der Waals surface area (Å²) in [5.74, 6) is -11.6. The summed E-state index contributed by atoms with van der Waals surface area (Å²) < 4.78 is 16.0. The number of hydrogen-bond acceptors (Lipinski definition) is 15. The zero-order chi connectivity index (χ0) is 55.2. The number of rotatable bonds is 32. The fourth-order valence-electron chi connectivity index (χ4n) is 6.81. The highest BCUT2D eigenvalue weighted by Gasteiger charge is 2.36. The van der Waals surface area contributed by atoms with Gasteiger partial charge in [-0.1, -0.05) is 70.2 Å². The van der Waals surface area contributed by atoms with E-state index in [-0.39, 0.29) is 35.8 Å². The zero-order valence-electron chi connectivity index (χ0n) is 40.8. The fourth-order valence-corrected chi connectivity index (χ4v) is 7.68. The van der Waals surface area contributed by atoms with Gasteiger partial charge in [0, 0.05) is 12.8 Å². The molecule has 0 aliphatic rings. The van der Waals surface area contributed by atoms with Crippen LogP contribution < -0.4 is 53.2 Å². The first-order chi connectivity index (χ1) is 34.1. The van der Waals surface area contributed by atoms with Gasteiger partial charge < -0.3 is 68.5 Å². The Kier molecular flexibility index (Phi) is 26.0. The van der Waals surface area contributed by atoms with Crippen molar-refractivity contribution < 1.29 is 82.1 Å². The van der Waals surface area contributed by atoms with Crippen molar-refractivity contribution in [2.45, 2.75) is 115 Å². The standard InChI is InChI=1S/C45H66N9O17PS/c1-23(2)19-30(39(60)48-22-34(56)49-29(45(66)67)15-16-35(57)58)51-42(63)32(21-33(46)55)53-41(62)31(20-25-11-13-27(14-12-25)71-72(68,69)70)52-40(61)28(17-18-73-5)50-44(65)37(24(3)4)54-43(64)36(47)38(59)26-9-7-6-8-10-26/h6-14,23-24,28-32,36-38,59H,15-22,47H2,1-5H3,(H2,46,55)(H,48,60)(H,49,56)(H,50,65)(H,51,63)(H,52,61)(H,53,62)(H,54,64)(H,57,58)(H,66,67)(H2,68,69,70)/t28-,29+,30+,31+,32+,36-,37+,38?/m1/s1. The van der Waals surface area contributed by atoms with E-state index in [9.17, 15) is 72.5 Å². The normalized spacial score (nSPS) is 14.6. The van der Waals surface area contributed by atoms with Crippen LogP contribution in [-0.2, 0) is 58.9 Å². The van der Waals surface area contributed by atoms with Gasteiger partial charge in [0.05, 0.1) is 13.0 Å². The number of benzene rings is 2. The monoisotopic (exact) mass is 1070 g/mol. The Labute approximate surface area is 424 Å². The largest absolute Gasteiger partial charge is 0.524 e. The first-order valence-electron chi connectivity index (χ1n) is 22.8. The van der Waals surface area contributed by atoms with Crippen LogP contribution in [0.15, 0.2) is 54.6 Å². The quantitative estimate of drug-likeness (QED) is 0.0355. The highest BCUT2D eigenvalue weighted by molar-refractivity contribution is 7.98. The molecule has 28 heteroatoms. The number of nitrogens with one attached hydrogen (secondary N) is 7. The molecule has 2 rings (SSSR count). The number of phosphoric ester groups is 1. The van der Waals surface area contributed by atoms with Crippen LogP contribution in [0.25, 0.3) is 0 Å². The summed E-state index contributed by atoms with van der Waals surface area (Å²) in [5.41, 5.74) is 12.2. The molecule has 8 amide bonds. The summed E-state index contributed by atoms with van der Waals surface area (Å²) in [6, 6.07) is 2.40. The topological polar surface area (TPSA) is 434 Å². The fraction of sp³-hybridized carbons (Fsp3) is 0.511. The van der Waals surface area contributed by atoms with Crippen molar-refractivity contribution in [3.8, 4) is 5.75 Å². The van der Waals surface area contributed by atoms with Gasteiger partial charge in [0.2, 0.25) is 47.3 Å². The Bertz CT molecular complexity index is 2290. The summed E-state index contributed by atoms with van der Waals surface area (Å²) in [7, 11) is -4.98. The number of thioether (sulfide) groups is 1. The highest BCUT2D eigenvalue weighted by atomic mass is 32.2. The van der Waals surface area contributed by atoms with Crippen molar-refractivity contribution >= 4 is 78.8 Å². The van der Waals surface area contributed by atoms with E-state index in [0.717, 1.165) is 12.1 Å². The molecule has 16 N–H and O–H groups in total. The number of carbonyl (C=O) groups excluding carboxylic acids is 8. The van der Waals surface area contributed by atoms with Crippen molar-refractivity contribution in [3.05, 3.63) is 65.7 Å². The molecule has 0 saturated heterocycles. The molecule has 0 aromatic heterocycles. The van der Waals surface area contributed by atoms with Crippen LogP contribution in [-0.4, -0.2) is 145 Å². The minimum absolute atomic E-state index is 0.0228. The van der Waals surface area contributed by atoms with Gasteiger partial charge in [-0.25, -0.2) is 9.36 Å². The number of nitrogens with two attached hydrogens (primary N) is 2. The van der Waals surface area contributed by atoms with Gasteiger partial charge in [-0.05, 0) is 66.4 Å². The van der Waals surface area contributed by atoms with Crippen molar-refractivity contribution in [1.82, 2.24) is 37.2 Å². The Balaban J connectivity index is 2.45. The number of hydrogen-bond donors (Lipinski definition) is 14. The van der Waals surface area contributed by atoms with Crippen LogP contribution in [0.3, 0.4) is 0 Å². The molecule has 0 bridgehead atoms. The third-order valence-electron chi connectivity index (χ3n) is 10.6. The van der Waals surface area contributed by atoms with Crippen LogP contribution >= 0.6 is 19.6 Å². The van der Waals surface area contributed by atoms with Crippen molar-refractivity contribution in [1.29, 1.82) is 0 Å². The molecule has 404 valence electrons. The Hall–Kier alpha value is -6.64. The summed E-state index contributed by atoms with van der Waals surface area (Å²) in [6.45, 7) is 5.79. The molecular weight excluding hydrogens is 1000 g/mol. The number of aliphatic hydroxyl groups is 1. The SMILES string of the molecule is CSCC[C@@H](NC(=O)[C@@H](NC(=O)[C@H](N)C(O)c1ccccc1)C(C)C)C(=O)N[C@@H](Cc1ccc(OP(=O)(O)O)cc1)C(=O)N[C@@H](CC(N)=O)C(=O)N[C@@H](CC(C)C)C(=O)NCC(=O)N[C@@H](CCC(=O)O)C(=O)O. The highest BCUT2D eigenvalue weighted by Crippen LogP contribution is 2.37. The minimum Gasteiger partial charge on any atom is -0.481 e. The maximum Gasteiger partial charge on any atom is 0.524 e. The Morgan fingerprint density at radius 1 is 0.685 bits per heavy atom. The third kappa shape index (κ3) is 23.2. The lowest BCUT2D eigenvalue weighted by Gasteiger charge is -2.28. The van der Waals surface area contributed by atoms with Crippen LogP contribution in [0.5, 0.6) is 5.75 Å². The molecule has 0 heterocycles. The minimum atomic E-state index is -4.98. The average molecular weight is 1070 g/mol. The van der Waals surface area contributed by atoms with Crippen LogP contribution in [0.2, 0.25) is 0 Å². The van der Waals surface area contributed by atoms with E-state index >= 15 is 0 Å². The van der Waals surface area contributed by atoms with Crippen LogP contribution in [0.4, 0.5) is 0 Å². The lowest BCUT2D eigenvalue weighted by Crippen LogP contribution is -2.61. The third-order valence-corrected chi connectivity index (χ3v) is 11.7. The van der Waals surface area contributed by atoms with E-state index in [1.807, 2.05) is 0 Å². The smallest absolute Gasteiger partial charge is 0.481 e. The maximum atomic E-state index is 14.3. The number of aliphatic hydroxyl groups excluding tert-OH is 1. The van der Waals surface area contributed by atoms with Gasteiger partial charge >= 0.3 is 19.8 Å². The van der Waals surface area contributed by atoms with Gasteiger partial charge in [0.15, 0.2) is 0 Å². The molecule has 26 nitrogen and oxygen atoms in total. The number of aliphatic carboxylic acids is 2. The number of phosphoric acid groups is 1. The summed E-state index contributed by atoms with van der Waals surface area (Å²) >= 11 is 1.31. The maximum absolute atomic E-state index is 14.3. The van der Waals surface area contributed by atoms with E-state index in [1.54, 1.807) is 64.3 Å². The lowest BCUT2D eigenvalue weighted by atomic mass is 9.99. The number of carboxylic acids is 2. The summed E-state index contributed by atoms with van der Waals surface area (Å²) in [5, 5.41) is 45.9. The molecule has 0 radical (unpaired) electrons. The molecule has 2 aromatic carbocycles. The van der Waals surface area contributed by atoms with Gasteiger partial charge in [-0.3, -0.25) is 52.9 Å². The van der Waals surface area contributed by atoms with E-state index in [0.29, 0.717) is 5.56 Å². The predicted octanol–water partition coefficient (Wildman–Crippen LogP) is -1.93. The first-order valence-corrected chi connectivity index (χ1v) is 25.7. The van der Waals surface area contributed by atoms with E-state index in [1.165, 1.54) is 23.9 Å². The van der Waals surface area contributed by atoms with E-state index < -0.39 is 154 Å². The Morgan fingerprint density at radius 2 is 1.25 bits per heavy atom. The molecule has 73 heavy (non-hydrogen) atoms. The van der Waals surface area contributed by atoms with Crippen molar-refractivity contribution in [2.75, 3.05) is 18.6 Å². The molecular formula is C45H66N9O17PS. The van der Waals surface area contributed by atoms with E-state index in [2.05, 4.69) is 41.7 Å². The Morgan fingerprint density at radius 3 is 1.78 bits per heavy atom. The van der Waals surface area contributed by atoms with Gasteiger partial charge in [-0.2, -0.15) is 11.8 Å². The zero-order valence-corrected chi connectivity index (χ0v) is 42.5. The molecule has 0 aliphatic carbocycles. The first kappa shape index (κ1) is 62.5. The van der Waals surface area contributed by atoms with Crippen molar-refractivity contribution in [3.63, 3.8) is 0 Å². The number of primary amides is 1. The van der Waals surface area contributed by atoms with E-state index in [4.69, 9.17) is 16.6 Å². The van der Waals surface area contributed by atoms with Crippen LogP contribution in [0, 0.1) is 11.8 Å². The van der Waals surface area contributed by atoms with Gasteiger partial charge in [0.25, 0.3) is 0 Å². The molecule has 8 atom stereocenters. The average Bonchev–Trinajstić information content (AvgIpc) is 3.30. The molecule has 0 saturated carbocycles. The van der Waals surface area contributed by atoms with Crippen molar-refractivity contribution in [2.24, 2.45) is 23.3 Å². The molecule has 0 spiro atoms. The summed E-state index contributed by atoms with van der Waals surface area (Å²) in [4.78, 5) is 149. The second-order valence-electron chi connectivity index (χ2n) is 17.5. The molecule has 0 fully saturated rings. The summed E-state index contributed by atoms with van der Waals surface area (Å²) in [6.07, 6.45) is -2.08.